The Kier molecular flexibility index (Phi) is 5.45. The van der Waals surface area contributed by atoms with Crippen molar-refractivity contribution in [2.75, 3.05) is 6.54 Å². The molecule has 1 N–H and O–H groups in total. The number of carbonyl (C=O) groups excluding carboxylic acids is 3. The van der Waals surface area contributed by atoms with Crippen molar-refractivity contribution in [3.63, 3.8) is 0 Å². The van der Waals surface area contributed by atoms with E-state index in [1.807, 2.05) is 18.4 Å². The van der Waals surface area contributed by atoms with E-state index in [-0.39, 0.29) is 30.0 Å². The van der Waals surface area contributed by atoms with E-state index in [9.17, 15) is 18.8 Å². The molecule has 6 nitrogen and oxygen atoms in total. The summed E-state index contributed by atoms with van der Waals surface area (Å²) < 4.78 is 15.2. The van der Waals surface area contributed by atoms with Gasteiger partial charge in [0.2, 0.25) is 0 Å². The highest BCUT2D eigenvalue weighted by Crippen LogP contribution is 2.36. The highest BCUT2D eigenvalue weighted by Gasteiger charge is 2.52. The van der Waals surface area contributed by atoms with E-state index in [0.29, 0.717) is 11.3 Å². The monoisotopic (exact) mass is 425 g/mol. The van der Waals surface area contributed by atoms with Gasteiger partial charge >= 0.3 is 6.03 Å². The second-order valence-electron chi connectivity index (χ2n) is 8.88. The standard InChI is InChI=1S/C24H28FN3O3/c1-15-13-20(16(2)28(15)19-11-9-18(25)10-12-19)21(29)14-27-22(30)24(3,26-23(27)31)17-7-5-4-6-8-17/h9-13,17H,4-8,14H2,1-3H3,(H,26,31)/t24-/m0/s1. The minimum absolute atomic E-state index is 0.0985. The topological polar surface area (TPSA) is 71.4 Å². The van der Waals surface area contributed by atoms with Gasteiger partial charge in [0.05, 0.1) is 6.54 Å². The van der Waals surface area contributed by atoms with Crippen molar-refractivity contribution in [1.29, 1.82) is 0 Å². The number of nitrogens with one attached hydrogen (secondary N) is 1. The molecule has 0 bridgehead atoms. The lowest BCUT2D eigenvalue weighted by atomic mass is 9.75. The number of hydrogen-bond acceptors (Lipinski definition) is 3. The number of nitrogens with zero attached hydrogens (tertiary/aromatic N) is 2. The van der Waals surface area contributed by atoms with Crippen LogP contribution in [0.1, 0.15) is 60.8 Å². The number of halogens is 1. The quantitative estimate of drug-likeness (QED) is 0.573. The Bertz CT molecular complexity index is 1040. The van der Waals surface area contributed by atoms with E-state index < -0.39 is 11.6 Å². The van der Waals surface area contributed by atoms with Crippen LogP contribution in [-0.4, -0.2) is 39.3 Å². The summed E-state index contributed by atoms with van der Waals surface area (Å²) in [7, 11) is 0. The van der Waals surface area contributed by atoms with Gasteiger partial charge < -0.3 is 9.88 Å². The number of carbonyl (C=O) groups is 3. The molecule has 164 valence electrons. The van der Waals surface area contributed by atoms with Gasteiger partial charge in [-0.3, -0.25) is 14.5 Å². The van der Waals surface area contributed by atoms with Crippen molar-refractivity contribution in [3.8, 4) is 5.69 Å². The summed E-state index contributed by atoms with van der Waals surface area (Å²) in [5.41, 5.74) is 1.76. The van der Waals surface area contributed by atoms with Crippen molar-refractivity contribution in [2.24, 2.45) is 5.92 Å². The van der Waals surface area contributed by atoms with Crippen molar-refractivity contribution in [2.45, 2.75) is 58.4 Å². The summed E-state index contributed by atoms with van der Waals surface area (Å²) >= 11 is 0. The smallest absolute Gasteiger partial charge is 0.323 e. The van der Waals surface area contributed by atoms with E-state index >= 15 is 0 Å². The molecule has 7 heteroatoms. The number of aromatic nitrogens is 1. The lowest BCUT2D eigenvalue weighted by Gasteiger charge is -2.34. The number of Topliss-reactive ketones (excluding diaryl/α,β-unsaturated/α-hetero) is 1. The third-order valence-corrected chi connectivity index (χ3v) is 6.84. The van der Waals surface area contributed by atoms with Gasteiger partial charge in [-0.05, 0) is 69.9 Å². The molecule has 0 radical (unpaired) electrons. The first-order chi connectivity index (χ1) is 14.7. The zero-order valence-corrected chi connectivity index (χ0v) is 18.2. The van der Waals surface area contributed by atoms with Gasteiger partial charge in [-0.2, -0.15) is 0 Å². The zero-order chi connectivity index (χ0) is 22.3. The highest BCUT2D eigenvalue weighted by atomic mass is 19.1. The molecule has 2 heterocycles. The molecule has 2 fully saturated rings. The minimum atomic E-state index is -0.942. The molecular weight excluding hydrogens is 397 g/mol. The SMILES string of the molecule is Cc1cc(C(=O)CN2C(=O)N[C@@](C)(C3CCCCC3)C2=O)c(C)n1-c1ccc(F)cc1. The Hall–Kier alpha value is -2.96. The number of rotatable bonds is 5. The van der Waals surface area contributed by atoms with Crippen LogP contribution in [0.25, 0.3) is 5.69 Å². The number of aryl methyl sites for hydroxylation is 1. The van der Waals surface area contributed by atoms with E-state index in [1.165, 1.54) is 12.1 Å². The Morgan fingerprint density at radius 1 is 1.13 bits per heavy atom. The molecule has 1 atom stereocenters. The number of amides is 3. The van der Waals surface area contributed by atoms with E-state index in [1.54, 1.807) is 25.1 Å². The zero-order valence-electron chi connectivity index (χ0n) is 18.2. The highest BCUT2D eigenvalue weighted by molar-refractivity contribution is 6.11. The normalized spacial score (nSPS) is 22.1. The van der Waals surface area contributed by atoms with Gasteiger partial charge in [-0.15, -0.1) is 0 Å². The summed E-state index contributed by atoms with van der Waals surface area (Å²) in [6.45, 7) is 5.16. The van der Waals surface area contributed by atoms with Gasteiger partial charge in [-0.25, -0.2) is 9.18 Å². The van der Waals surface area contributed by atoms with Crippen LogP contribution in [0.4, 0.5) is 9.18 Å². The van der Waals surface area contributed by atoms with Gasteiger partial charge in [0.25, 0.3) is 5.91 Å². The second-order valence-corrected chi connectivity index (χ2v) is 8.88. The molecule has 0 unspecified atom stereocenters. The number of imide groups is 1. The summed E-state index contributed by atoms with van der Waals surface area (Å²) in [5, 5.41) is 2.86. The van der Waals surface area contributed by atoms with Gasteiger partial charge in [0.1, 0.15) is 11.4 Å². The first-order valence-corrected chi connectivity index (χ1v) is 10.8. The summed E-state index contributed by atoms with van der Waals surface area (Å²) in [4.78, 5) is 39.9. The molecular formula is C24H28FN3O3. The molecule has 1 aliphatic heterocycles. The molecule has 1 saturated heterocycles. The van der Waals surface area contributed by atoms with Crippen LogP contribution in [0, 0.1) is 25.6 Å². The van der Waals surface area contributed by atoms with E-state index in [4.69, 9.17) is 0 Å². The number of ketones is 1. The predicted octanol–water partition coefficient (Wildman–Crippen LogP) is 4.31. The van der Waals surface area contributed by atoms with Gasteiger partial charge in [0.15, 0.2) is 5.78 Å². The maximum Gasteiger partial charge on any atom is 0.325 e. The van der Waals surface area contributed by atoms with Crippen molar-refractivity contribution < 1.29 is 18.8 Å². The molecule has 4 rings (SSSR count). The fraction of sp³-hybridized carbons (Fsp3) is 0.458. The van der Waals surface area contributed by atoms with E-state index in [2.05, 4.69) is 5.32 Å². The summed E-state index contributed by atoms with van der Waals surface area (Å²) in [6, 6.07) is 7.29. The molecule has 2 aromatic rings. The Labute approximate surface area is 181 Å². The van der Waals surface area contributed by atoms with Crippen molar-refractivity contribution in [3.05, 3.63) is 53.1 Å². The third kappa shape index (κ3) is 3.66. The summed E-state index contributed by atoms with van der Waals surface area (Å²) in [6.07, 6.45) is 5.07. The Morgan fingerprint density at radius 3 is 2.42 bits per heavy atom. The fourth-order valence-electron chi connectivity index (χ4n) is 5.08. The van der Waals surface area contributed by atoms with Crippen LogP contribution in [0.3, 0.4) is 0 Å². The van der Waals surface area contributed by atoms with E-state index in [0.717, 1.165) is 48.4 Å². The van der Waals surface area contributed by atoms with Crippen molar-refractivity contribution >= 4 is 17.7 Å². The maximum atomic E-state index is 13.3. The van der Waals surface area contributed by atoms with Gasteiger partial charge in [-0.1, -0.05) is 19.3 Å². The van der Waals surface area contributed by atoms with Gasteiger partial charge in [0, 0.05) is 22.6 Å². The Morgan fingerprint density at radius 2 is 1.77 bits per heavy atom. The number of urea groups is 1. The number of benzene rings is 1. The lowest BCUT2D eigenvalue weighted by Crippen LogP contribution is -2.51. The first-order valence-electron chi connectivity index (χ1n) is 10.8. The molecule has 31 heavy (non-hydrogen) atoms. The average molecular weight is 426 g/mol. The van der Waals surface area contributed by atoms with Crippen LogP contribution in [0.5, 0.6) is 0 Å². The Balaban J connectivity index is 1.56. The molecule has 1 aliphatic carbocycles. The molecule has 0 spiro atoms. The lowest BCUT2D eigenvalue weighted by molar-refractivity contribution is -0.132. The summed E-state index contributed by atoms with van der Waals surface area (Å²) in [5.74, 6) is -0.841. The molecule has 1 aromatic heterocycles. The van der Waals surface area contributed by atoms with Crippen LogP contribution < -0.4 is 5.32 Å². The largest absolute Gasteiger partial charge is 0.325 e. The first kappa shape index (κ1) is 21.3. The second kappa shape index (κ2) is 7.94. The van der Waals surface area contributed by atoms with Crippen LogP contribution in [0.15, 0.2) is 30.3 Å². The maximum absolute atomic E-state index is 13.3. The minimum Gasteiger partial charge on any atom is -0.323 e. The predicted molar refractivity (Wildman–Crippen MR) is 115 cm³/mol. The third-order valence-electron chi connectivity index (χ3n) is 6.84. The van der Waals surface area contributed by atoms with Crippen LogP contribution in [0.2, 0.25) is 0 Å². The van der Waals surface area contributed by atoms with Crippen LogP contribution in [-0.2, 0) is 4.79 Å². The molecule has 2 aliphatic rings. The molecule has 3 amide bonds. The molecule has 1 aromatic carbocycles. The van der Waals surface area contributed by atoms with Crippen LogP contribution >= 0.6 is 0 Å². The van der Waals surface area contributed by atoms with Crippen molar-refractivity contribution in [1.82, 2.24) is 14.8 Å². The number of hydrogen-bond donors (Lipinski definition) is 1. The fourth-order valence-corrected chi connectivity index (χ4v) is 5.08. The molecule has 1 saturated carbocycles. The average Bonchev–Trinajstić information content (AvgIpc) is 3.17.